The molecule has 0 radical (unpaired) electrons. The number of likely N-dealkylation sites (tertiary alicyclic amines) is 1. The maximum absolute atomic E-state index is 12.5. The third kappa shape index (κ3) is 3.20. The van der Waals surface area contributed by atoms with E-state index >= 15 is 0 Å². The standard InChI is InChI=1S/C17H23N3O4S/c1-24-13-4-5-15-14(10-13)18-16(19-25(15,22)23)11-6-8-20(9-7-11)17(21)12-2-3-12/h4-5,10-12,16,18-19H,2-3,6-9H2,1H3/t16-/m0/s1. The predicted octanol–water partition coefficient (Wildman–Crippen LogP) is 1.37. The first-order valence-electron chi connectivity index (χ1n) is 8.73. The first-order valence-corrected chi connectivity index (χ1v) is 10.2. The zero-order chi connectivity index (χ0) is 17.6. The van der Waals surface area contributed by atoms with Crippen LogP contribution >= 0.6 is 0 Å². The molecular formula is C17H23N3O4S. The highest BCUT2D eigenvalue weighted by molar-refractivity contribution is 7.89. The summed E-state index contributed by atoms with van der Waals surface area (Å²) in [6, 6.07) is 4.91. The van der Waals surface area contributed by atoms with Gasteiger partial charge in [0.15, 0.2) is 0 Å². The third-order valence-electron chi connectivity index (χ3n) is 5.32. The van der Waals surface area contributed by atoms with Crippen molar-refractivity contribution in [2.75, 3.05) is 25.5 Å². The molecule has 2 heterocycles. The lowest BCUT2D eigenvalue weighted by Crippen LogP contribution is -2.52. The van der Waals surface area contributed by atoms with E-state index in [1.165, 1.54) is 0 Å². The molecule has 7 nitrogen and oxygen atoms in total. The Labute approximate surface area is 147 Å². The van der Waals surface area contributed by atoms with Gasteiger partial charge in [-0.15, -0.1) is 0 Å². The molecular weight excluding hydrogens is 342 g/mol. The maximum atomic E-state index is 12.5. The van der Waals surface area contributed by atoms with E-state index in [9.17, 15) is 13.2 Å². The average Bonchev–Trinajstić information content (AvgIpc) is 3.45. The molecule has 1 atom stereocenters. The highest BCUT2D eigenvalue weighted by atomic mass is 32.2. The molecule has 1 aromatic rings. The molecule has 1 saturated carbocycles. The van der Waals surface area contributed by atoms with E-state index in [-0.39, 0.29) is 28.8 Å². The summed E-state index contributed by atoms with van der Waals surface area (Å²) < 4.78 is 33.0. The zero-order valence-corrected chi connectivity index (χ0v) is 15.0. The molecule has 1 aliphatic carbocycles. The van der Waals surface area contributed by atoms with Crippen molar-refractivity contribution in [3.8, 4) is 5.75 Å². The number of hydrogen-bond donors (Lipinski definition) is 2. The number of methoxy groups -OCH3 is 1. The van der Waals surface area contributed by atoms with E-state index in [1.54, 1.807) is 25.3 Å². The summed E-state index contributed by atoms with van der Waals surface area (Å²) in [6.07, 6.45) is 3.25. The first-order chi connectivity index (χ1) is 12.0. The van der Waals surface area contributed by atoms with Gasteiger partial charge in [-0.1, -0.05) is 0 Å². The van der Waals surface area contributed by atoms with Crippen molar-refractivity contribution in [3.05, 3.63) is 18.2 Å². The van der Waals surface area contributed by atoms with Crippen LogP contribution < -0.4 is 14.8 Å². The number of fused-ring (bicyclic) bond motifs is 1. The molecule has 25 heavy (non-hydrogen) atoms. The van der Waals surface area contributed by atoms with E-state index in [4.69, 9.17) is 4.74 Å². The molecule has 0 unspecified atom stereocenters. The summed E-state index contributed by atoms with van der Waals surface area (Å²) in [5.41, 5.74) is 0.569. The fraction of sp³-hybridized carbons (Fsp3) is 0.588. The van der Waals surface area contributed by atoms with Crippen LogP contribution in [-0.4, -0.2) is 45.6 Å². The number of amides is 1. The molecule has 0 aromatic heterocycles. The van der Waals surface area contributed by atoms with Gasteiger partial charge in [0, 0.05) is 25.1 Å². The molecule has 1 amide bonds. The smallest absolute Gasteiger partial charge is 0.244 e. The highest BCUT2D eigenvalue weighted by Gasteiger charge is 2.38. The number of sulfonamides is 1. The molecule has 2 aliphatic heterocycles. The lowest BCUT2D eigenvalue weighted by molar-refractivity contribution is -0.134. The fourth-order valence-corrected chi connectivity index (χ4v) is 5.03. The van der Waals surface area contributed by atoms with Gasteiger partial charge in [0.1, 0.15) is 10.6 Å². The third-order valence-corrected chi connectivity index (χ3v) is 6.82. The number of nitrogens with zero attached hydrogens (tertiary/aromatic N) is 1. The number of carbonyl (C=O) groups excluding carboxylic acids is 1. The average molecular weight is 365 g/mol. The van der Waals surface area contributed by atoms with Crippen LogP contribution in [-0.2, 0) is 14.8 Å². The first kappa shape index (κ1) is 16.7. The number of carbonyl (C=O) groups is 1. The van der Waals surface area contributed by atoms with Crippen LogP contribution in [0.2, 0.25) is 0 Å². The van der Waals surface area contributed by atoms with Crippen molar-refractivity contribution in [2.24, 2.45) is 11.8 Å². The number of anilines is 1. The lowest BCUT2D eigenvalue weighted by atomic mass is 9.93. The molecule has 2 fully saturated rings. The molecule has 1 saturated heterocycles. The number of ether oxygens (including phenoxy) is 1. The van der Waals surface area contributed by atoms with Gasteiger partial charge < -0.3 is 15.0 Å². The molecule has 0 spiro atoms. The van der Waals surface area contributed by atoms with Gasteiger partial charge >= 0.3 is 0 Å². The second kappa shape index (κ2) is 6.17. The Morgan fingerprint density at radius 3 is 2.56 bits per heavy atom. The molecule has 8 heteroatoms. The number of piperidine rings is 1. The van der Waals surface area contributed by atoms with Gasteiger partial charge in [0.25, 0.3) is 0 Å². The van der Waals surface area contributed by atoms with Crippen molar-refractivity contribution >= 4 is 21.6 Å². The van der Waals surface area contributed by atoms with Gasteiger partial charge in [0.2, 0.25) is 15.9 Å². The van der Waals surface area contributed by atoms with Crippen molar-refractivity contribution < 1.29 is 17.9 Å². The lowest BCUT2D eigenvalue weighted by Gasteiger charge is -2.39. The summed E-state index contributed by atoms with van der Waals surface area (Å²) in [7, 11) is -1.99. The molecule has 2 N–H and O–H groups in total. The SMILES string of the molecule is COc1ccc2c(c1)N[C@H](C1CCN(C(=O)C3CC3)CC1)NS2(=O)=O. The van der Waals surface area contributed by atoms with Crippen LogP contribution in [0.5, 0.6) is 5.75 Å². The Kier molecular flexibility index (Phi) is 4.11. The second-order valence-electron chi connectivity index (χ2n) is 7.04. The topological polar surface area (TPSA) is 87.7 Å². The number of hydrogen-bond acceptors (Lipinski definition) is 5. The minimum absolute atomic E-state index is 0.150. The van der Waals surface area contributed by atoms with E-state index in [1.807, 2.05) is 4.90 Å². The van der Waals surface area contributed by atoms with Crippen molar-refractivity contribution in [1.29, 1.82) is 0 Å². The monoisotopic (exact) mass is 365 g/mol. The fourth-order valence-electron chi connectivity index (χ4n) is 3.67. The van der Waals surface area contributed by atoms with Gasteiger partial charge in [-0.25, -0.2) is 8.42 Å². The largest absolute Gasteiger partial charge is 0.497 e. The van der Waals surface area contributed by atoms with E-state index in [0.717, 1.165) is 25.7 Å². The van der Waals surface area contributed by atoms with Crippen LogP contribution in [0, 0.1) is 11.8 Å². The van der Waals surface area contributed by atoms with E-state index in [0.29, 0.717) is 24.5 Å². The Hall–Kier alpha value is -1.80. The summed E-state index contributed by atoms with van der Waals surface area (Å²) in [5, 5.41) is 3.30. The number of nitrogens with one attached hydrogen (secondary N) is 2. The quantitative estimate of drug-likeness (QED) is 0.845. The van der Waals surface area contributed by atoms with Gasteiger partial charge in [-0.3, -0.25) is 4.79 Å². The Morgan fingerprint density at radius 2 is 1.92 bits per heavy atom. The second-order valence-corrected chi connectivity index (χ2v) is 8.72. The summed E-state index contributed by atoms with van der Waals surface area (Å²) >= 11 is 0. The van der Waals surface area contributed by atoms with Crippen LogP contribution in [0.4, 0.5) is 5.69 Å². The summed E-state index contributed by atoms with van der Waals surface area (Å²) in [5.74, 6) is 1.28. The van der Waals surface area contributed by atoms with Gasteiger partial charge in [-0.2, -0.15) is 4.72 Å². The Bertz CT molecular complexity index is 783. The van der Waals surface area contributed by atoms with Crippen LogP contribution in [0.1, 0.15) is 25.7 Å². The molecule has 4 rings (SSSR count). The molecule has 136 valence electrons. The minimum atomic E-state index is -3.55. The predicted molar refractivity (Wildman–Crippen MR) is 92.8 cm³/mol. The molecule has 3 aliphatic rings. The highest BCUT2D eigenvalue weighted by Crippen LogP contribution is 2.35. The summed E-state index contributed by atoms with van der Waals surface area (Å²) in [6.45, 7) is 1.40. The Morgan fingerprint density at radius 1 is 1.20 bits per heavy atom. The van der Waals surface area contributed by atoms with Crippen LogP contribution in [0.3, 0.4) is 0 Å². The normalized spacial score (nSPS) is 25.8. The van der Waals surface area contributed by atoms with Gasteiger partial charge in [0.05, 0.1) is 19.0 Å². The number of benzene rings is 1. The number of rotatable bonds is 3. The zero-order valence-electron chi connectivity index (χ0n) is 14.2. The van der Waals surface area contributed by atoms with Crippen molar-refractivity contribution in [3.63, 3.8) is 0 Å². The van der Waals surface area contributed by atoms with Gasteiger partial charge in [-0.05, 0) is 43.7 Å². The van der Waals surface area contributed by atoms with Crippen LogP contribution in [0.25, 0.3) is 0 Å². The van der Waals surface area contributed by atoms with E-state index < -0.39 is 10.0 Å². The van der Waals surface area contributed by atoms with Crippen molar-refractivity contribution in [2.45, 2.75) is 36.7 Å². The minimum Gasteiger partial charge on any atom is -0.497 e. The van der Waals surface area contributed by atoms with E-state index in [2.05, 4.69) is 10.0 Å². The maximum Gasteiger partial charge on any atom is 0.244 e. The van der Waals surface area contributed by atoms with Crippen molar-refractivity contribution in [1.82, 2.24) is 9.62 Å². The Balaban J connectivity index is 1.48. The molecule has 1 aromatic carbocycles. The van der Waals surface area contributed by atoms with Crippen LogP contribution in [0.15, 0.2) is 23.1 Å². The summed E-state index contributed by atoms with van der Waals surface area (Å²) in [4.78, 5) is 14.3. The molecule has 0 bridgehead atoms.